The Morgan fingerprint density at radius 1 is 0.875 bits per heavy atom. The molecule has 2 saturated carbocycles. The molecule has 2 rings (SSSR count). The first-order chi connectivity index (χ1) is 11.6. The SMILES string of the molecule is CCCCOC1CCC(C2CCC(CCCC)C(F)C2F)CC1F. The Kier molecular flexibility index (Phi) is 8.39. The van der Waals surface area contributed by atoms with Crippen LogP contribution in [0.5, 0.6) is 0 Å². The van der Waals surface area contributed by atoms with Gasteiger partial charge in [-0.2, -0.15) is 0 Å². The Labute approximate surface area is 145 Å². The van der Waals surface area contributed by atoms with E-state index in [-0.39, 0.29) is 23.9 Å². The minimum Gasteiger partial charge on any atom is -0.375 e. The zero-order chi connectivity index (χ0) is 17.5. The van der Waals surface area contributed by atoms with Gasteiger partial charge in [0.25, 0.3) is 0 Å². The zero-order valence-corrected chi connectivity index (χ0v) is 15.4. The van der Waals surface area contributed by atoms with Crippen molar-refractivity contribution in [2.24, 2.45) is 17.8 Å². The maximum Gasteiger partial charge on any atom is 0.134 e. The second-order valence-electron chi connectivity index (χ2n) is 7.88. The van der Waals surface area contributed by atoms with Crippen molar-refractivity contribution in [2.75, 3.05) is 6.61 Å². The molecule has 2 fully saturated rings. The van der Waals surface area contributed by atoms with Gasteiger partial charge in [0.05, 0.1) is 6.10 Å². The van der Waals surface area contributed by atoms with E-state index in [1.54, 1.807) is 0 Å². The van der Waals surface area contributed by atoms with Gasteiger partial charge in [-0.15, -0.1) is 0 Å². The first kappa shape index (κ1) is 20.1. The first-order valence-electron chi connectivity index (χ1n) is 10.1. The number of alkyl halides is 3. The van der Waals surface area contributed by atoms with Crippen LogP contribution in [0.2, 0.25) is 0 Å². The molecule has 142 valence electrons. The van der Waals surface area contributed by atoms with Gasteiger partial charge in [-0.25, -0.2) is 13.2 Å². The molecular formula is C20H35F3O. The molecule has 0 heterocycles. The van der Waals surface area contributed by atoms with E-state index in [4.69, 9.17) is 4.74 Å². The fraction of sp³-hybridized carbons (Fsp3) is 1.00. The second-order valence-corrected chi connectivity index (χ2v) is 7.88. The Balaban J connectivity index is 1.82. The Hall–Kier alpha value is -0.250. The molecule has 0 spiro atoms. The summed E-state index contributed by atoms with van der Waals surface area (Å²) in [5.41, 5.74) is 0. The van der Waals surface area contributed by atoms with Crippen LogP contribution in [0, 0.1) is 17.8 Å². The van der Waals surface area contributed by atoms with Gasteiger partial charge in [0.15, 0.2) is 0 Å². The molecule has 0 aromatic heterocycles. The molecule has 1 nitrogen and oxygen atoms in total. The molecule has 0 radical (unpaired) electrons. The summed E-state index contributed by atoms with van der Waals surface area (Å²) in [6.07, 6.45) is 3.88. The van der Waals surface area contributed by atoms with Crippen molar-refractivity contribution < 1.29 is 17.9 Å². The average Bonchev–Trinajstić information content (AvgIpc) is 2.58. The predicted molar refractivity (Wildman–Crippen MR) is 92.4 cm³/mol. The summed E-state index contributed by atoms with van der Waals surface area (Å²) >= 11 is 0. The second kappa shape index (κ2) is 10.0. The van der Waals surface area contributed by atoms with Crippen LogP contribution < -0.4 is 0 Å². The van der Waals surface area contributed by atoms with E-state index in [2.05, 4.69) is 13.8 Å². The summed E-state index contributed by atoms with van der Waals surface area (Å²) in [6.45, 7) is 4.76. The monoisotopic (exact) mass is 348 g/mol. The molecule has 7 atom stereocenters. The van der Waals surface area contributed by atoms with Gasteiger partial charge < -0.3 is 4.74 Å². The van der Waals surface area contributed by atoms with Gasteiger partial charge in [-0.3, -0.25) is 0 Å². The van der Waals surface area contributed by atoms with Gasteiger partial charge in [0, 0.05) is 6.61 Å². The van der Waals surface area contributed by atoms with Crippen LogP contribution in [-0.4, -0.2) is 31.2 Å². The summed E-state index contributed by atoms with van der Waals surface area (Å²) in [7, 11) is 0. The van der Waals surface area contributed by atoms with Crippen LogP contribution >= 0.6 is 0 Å². The number of halogens is 3. The Morgan fingerprint density at radius 3 is 2.29 bits per heavy atom. The number of rotatable bonds is 8. The Morgan fingerprint density at radius 2 is 1.62 bits per heavy atom. The van der Waals surface area contributed by atoms with E-state index in [1.165, 1.54) is 0 Å². The highest BCUT2D eigenvalue weighted by molar-refractivity contribution is 4.94. The number of unbranched alkanes of at least 4 members (excludes halogenated alkanes) is 2. The van der Waals surface area contributed by atoms with Gasteiger partial charge >= 0.3 is 0 Å². The molecule has 0 aliphatic heterocycles. The van der Waals surface area contributed by atoms with Crippen molar-refractivity contribution in [3.63, 3.8) is 0 Å². The standard InChI is InChI=1S/C20H35F3O/c1-3-5-7-14-8-10-16(20(23)19(14)22)15-9-11-18(17(21)13-15)24-12-6-4-2/h14-20H,3-13H2,1-2H3. The minimum atomic E-state index is -1.41. The van der Waals surface area contributed by atoms with Gasteiger partial charge in [0.2, 0.25) is 0 Å². The number of hydrogen-bond donors (Lipinski definition) is 0. The molecule has 2 aliphatic carbocycles. The smallest absolute Gasteiger partial charge is 0.134 e. The van der Waals surface area contributed by atoms with Crippen molar-refractivity contribution in [3.05, 3.63) is 0 Å². The lowest BCUT2D eigenvalue weighted by Gasteiger charge is -2.42. The van der Waals surface area contributed by atoms with Crippen LogP contribution in [0.4, 0.5) is 13.2 Å². The maximum absolute atomic E-state index is 14.6. The van der Waals surface area contributed by atoms with Crippen molar-refractivity contribution in [3.8, 4) is 0 Å². The molecule has 7 unspecified atom stereocenters. The van der Waals surface area contributed by atoms with Gasteiger partial charge in [-0.05, 0) is 62.7 Å². The van der Waals surface area contributed by atoms with Crippen LogP contribution in [-0.2, 0) is 4.74 Å². The van der Waals surface area contributed by atoms with Gasteiger partial charge in [-0.1, -0.05) is 33.1 Å². The van der Waals surface area contributed by atoms with E-state index in [1.807, 2.05) is 0 Å². The normalized spacial score (nSPS) is 40.6. The Bertz CT molecular complexity index is 352. The third-order valence-corrected chi connectivity index (χ3v) is 6.15. The summed E-state index contributed by atoms with van der Waals surface area (Å²) in [6, 6.07) is 0. The molecule has 0 aromatic rings. The molecule has 0 N–H and O–H groups in total. The van der Waals surface area contributed by atoms with E-state index in [0.717, 1.165) is 44.9 Å². The summed E-state index contributed by atoms with van der Waals surface area (Å²) < 4.78 is 49.1. The molecule has 4 heteroatoms. The third-order valence-electron chi connectivity index (χ3n) is 6.15. The number of hydrogen-bond acceptors (Lipinski definition) is 1. The van der Waals surface area contributed by atoms with Crippen molar-refractivity contribution >= 4 is 0 Å². The van der Waals surface area contributed by atoms with Crippen LogP contribution in [0.25, 0.3) is 0 Å². The van der Waals surface area contributed by atoms with Crippen molar-refractivity contribution in [2.45, 2.75) is 103 Å². The zero-order valence-electron chi connectivity index (χ0n) is 15.4. The van der Waals surface area contributed by atoms with Crippen molar-refractivity contribution in [1.82, 2.24) is 0 Å². The number of ether oxygens (including phenoxy) is 1. The van der Waals surface area contributed by atoms with Gasteiger partial charge in [0.1, 0.15) is 18.5 Å². The molecular weight excluding hydrogens is 313 g/mol. The summed E-state index contributed by atoms with van der Waals surface area (Å²) in [5.74, 6) is -0.454. The average molecular weight is 348 g/mol. The molecule has 0 saturated heterocycles. The molecule has 24 heavy (non-hydrogen) atoms. The lowest BCUT2D eigenvalue weighted by atomic mass is 9.68. The van der Waals surface area contributed by atoms with Crippen LogP contribution in [0.1, 0.15) is 78.1 Å². The quantitative estimate of drug-likeness (QED) is 0.474. The lowest BCUT2D eigenvalue weighted by Crippen LogP contribution is -2.44. The molecule has 0 bridgehead atoms. The van der Waals surface area contributed by atoms with E-state index in [0.29, 0.717) is 25.9 Å². The largest absolute Gasteiger partial charge is 0.375 e. The highest BCUT2D eigenvalue weighted by atomic mass is 19.2. The van der Waals surface area contributed by atoms with Crippen LogP contribution in [0.3, 0.4) is 0 Å². The fourth-order valence-electron chi connectivity index (χ4n) is 4.56. The molecule has 2 aliphatic rings. The predicted octanol–water partition coefficient (Wildman–Crippen LogP) is 6.20. The third kappa shape index (κ3) is 5.12. The molecule has 0 aromatic carbocycles. The van der Waals surface area contributed by atoms with Crippen molar-refractivity contribution in [1.29, 1.82) is 0 Å². The summed E-state index contributed by atoms with van der Waals surface area (Å²) in [5, 5.41) is 0. The fourth-order valence-corrected chi connectivity index (χ4v) is 4.56. The minimum absolute atomic E-state index is 0.0219. The van der Waals surface area contributed by atoms with Crippen LogP contribution in [0.15, 0.2) is 0 Å². The first-order valence-corrected chi connectivity index (χ1v) is 10.1. The van der Waals surface area contributed by atoms with E-state index >= 15 is 0 Å². The van der Waals surface area contributed by atoms with E-state index in [9.17, 15) is 13.2 Å². The highest BCUT2D eigenvalue weighted by Gasteiger charge is 2.45. The molecule has 0 amide bonds. The summed E-state index contributed by atoms with van der Waals surface area (Å²) in [4.78, 5) is 0. The van der Waals surface area contributed by atoms with E-state index < -0.39 is 18.5 Å². The highest BCUT2D eigenvalue weighted by Crippen LogP contribution is 2.44. The lowest BCUT2D eigenvalue weighted by molar-refractivity contribution is -0.0663. The topological polar surface area (TPSA) is 9.23 Å². The maximum atomic E-state index is 14.6.